The van der Waals surface area contributed by atoms with Gasteiger partial charge in [0.25, 0.3) is 0 Å². The van der Waals surface area contributed by atoms with Crippen molar-refractivity contribution in [3.05, 3.63) is 66.3 Å². The maximum Gasteiger partial charge on any atom is 0.451 e. The Kier molecular flexibility index (Phi) is 5.45. The molecule has 1 fully saturated rings. The molecule has 0 aliphatic carbocycles. The summed E-state index contributed by atoms with van der Waals surface area (Å²) in [7, 11) is 0. The molecule has 1 aliphatic rings. The van der Waals surface area contributed by atoms with E-state index >= 15 is 0 Å². The predicted molar refractivity (Wildman–Crippen MR) is 116 cm³/mol. The van der Waals surface area contributed by atoms with Crippen LogP contribution in [-0.4, -0.2) is 51.2 Å². The summed E-state index contributed by atoms with van der Waals surface area (Å²) in [6.45, 7) is 4.25. The second kappa shape index (κ2) is 8.43. The van der Waals surface area contributed by atoms with Gasteiger partial charge in [-0.3, -0.25) is 4.90 Å². The first-order chi connectivity index (χ1) is 15.9. The molecule has 0 unspecified atom stereocenters. The van der Waals surface area contributed by atoms with Crippen LogP contribution in [0.4, 0.5) is 19.0 Å². The molecule has 10 heteroatoms. The minimum atomic E-state index is -4.61. The Balaban J connectivity index is 1.33. The molecule has 1 saturated heterocycles. The van der Waals surface area contributed by atoms with E-state index in [1.54, 1.807) is 24.3 Å². The number of hydrogen-bond acceptors (Lipinski definition) is 7. The lowest BCUT2D eigenvalue weighted by Crippen LogP contribution is -2.47. The number of hydrogen-bond donors (Lipinski definition) is 0. The van der Waals surface area contributed by atoms with E-state index in [-0.39, 0.29) is 11.6 Å². The molecule has 170 valence electrons. The van der Waals surface area contributed by atoms with E-state index < -0.39 is 12.0 Å². The summed E-state index contributed by atoms with van der Waals surface area (Å²) in [5.41, 5.74) is 1.16. The number of piperazine rings is 1. The molecule has 2 aromatic heterocycles. The molecule has 0 spiro atoms. The van der Waals surface area contributed by atoms with Crippen molar-refractivity contribution in [1.82, 2.24) is 25.0 Å². The van der Waals surface area contributed by atoms with Crippen LogP contribution in [0.1, 0.15) is 24.7 Å². The molecule has 0 amide bonds. The average molecular weight is 454 g/mol. The van der Waals surface area contributed by atoms with Gasteiger partial charge in [-0.25, -0.2) is 9.97 Å². The van der Waals surface area contributed by atoms with Crippen LogP contribution in [0.5, 0.6) is 0 Å². The zero-order valence-corrected chi connectivity index (χ0v) is 17.8. The number of nitrogens with zero attached hydrogens (tertiary/aromatic N) is 6. The zero-order chi connectivity index (χ0) is 23.0. The van der Waals surface area contributed by atoms with Crippen molar-refractivity contribution in [2.45, 2.75) is 19.1 Å². The van der Waals surface area contributed by atoms with Crippen molar-refractivity contribution in [2.75, 3.05) is 31.1 Å². The fraction of sp³-hybridized carbons (Fsp3) is 0.304. The fourth-order valence-corrected chi connectivity index (χ4v) is 4.01. The highest BCUT2D eigenvalue weighted by molar-refractivity contribution is 5.89. The van der Waals surface area contributed by atoms with E-state index in [4.69, 9.17) is 4.52 Å². The fourth-order valence-electron chi connectivity index (χ4n) is 4.01. The maximum atomic E-state index is 13.4. The molecular weight excluding hydrogens is 433 g/mol. The van der Waals surface area contributed by atoms with Gasteiger partial charge in [-0.15, -0.1) is 0 Å². The van der Waals surface area contributed by atoms with Crippen LogP contribution in [0, 0.1) is 0 Å². The van der Waals surface area contributed by atoms with E-state index in [1.807, 2.05) is 42.2 Å². The molecular formula is C23H21F3N6O. The predicted octanol–water partition coefficient (Wildman–Crippen LogP) is 4.58. The van der Waals surface area contributed by atoms with Crippen molar-refractivity contribution in [2.24, 2.45) is 0 Å². The lowest BCUT2D eigenvalue weighted by molar-refractivity contribution is -0.144. The van der Waals surface area contributed by atoms with E-state index in [1.165, 1.54) is 0 Å². The molecule has 0 bridgehead atoms. The van der Waals surface area contributed by atoms with Gasteiger partial charge >= 0.3 is 6.18 Å². The average Bonchev–Trinajstić information content (AvgIpc) is 3.33. The minimum Gasteiger partial charge on any atom is -0.353 e. The third-order valence-corrected chi connectivity index (χ3v) is 5.83. The molecule has 4 aromatic rings. The summed E-state index contributed by atoms with van der Waals surface area (Å²) < 4.78 is 45.6. The van der Waals surface area contributed by atoms with Crippen LogP contribution in [0.25, 0.3) is 22.3 Å². The standard InChI is InChI=1S/C23H21F3N6O/c1-15(21-28-19(30-33-21)16-7-3-2-4-8-16)31-11-13-32(14-12-31)20-17-9-5-6-10-18(17)27-22(29-20)23(24,25)26/h2-10,15H,11-14H2,1H3/t15-/m0/s1. The Morgan fingerprint density at radius 2 is 1.58 bits per heavy atom. The van der Waals surface area contributed by atoms with Crippen molar-refractivity contribution < 1.29 is 17.7 Å². The van der Waals surface area contributed by atoms with Gasteiger partial charge in [-0.2, -0.15) is 18.2 Å². The van der Waals surface area contributed by atoms with Crippen molar-refractivity contribution >= 4 is 16.7 Å². The number of benzene rings is 2. The number of aromatic nitrogens is 4. The van der Waals surface area contributed by atoms with E-state index in [2.05, 4.69) is 25.0 Å². The largest absolute Gasteiger partial charge is 0.451 e. The number of anilines is 1. The smallest absolute Gasteiger partial charge is 0.353 e. The third-order valence-electron chi connectivity index (χ3n) is 5.83. The Morgan fingerprint density at radius 1 is 0.879 bits per heavy atom. The summed E-state index contributed by atoms with van der Waals surface area (Å²) in [6, 6.07) is 16.2. The Morgan fingerprint density at radius 3 is 2.30 bits per heavy atom. The number of halogens is 3. The van der Waals surface area contributed by atoms with Crippen LogP contribution in [-0.2, 0) is 6.18 Å². The molecule has 0 saturated carbocycles. The quantitative estimate of drug-likeness (QED) is 0.447. The number of fused-ring (bicyclic) bond motifs is 1. The molecule has 1 aliphatic heterocycles. The Hall–Kier alpha value is -3.53. The van der Waals surface area contributed by atoms with Gasteiger partial charge < -0.3 is 9.42 Å². The lowest BCUT2D eigenvalue weighted by atomic mass is 10.2. The first-order valence-corrected chi connectivity index (χ1v) is 10.6. The zero-order valence-electron chi connectivity index (χ0n) is 17.8. The van der Waals surface area contributed by atoms with Crippen molar-refractivity contribution in [3.8, 4) is 11.4 Å². The van der Waals surface area contributed by atoms with Gasteiger partial charge in [0.2, 0.25) is 17.5 Å². The van der Waals surface area contributed by atoms with Crippen LogP contribution in [0.2, 0.25) is 0 Å². The highest BCUT2D eigenvalue weighted by Crippen LogP contribution is 2.32. The van der Waals surface area contributed by atoms with Crippen LogP contribution < -0.4 is 4.90 Å². The minimum absolute atomic E-state index is 0.120. The molecule has 1 atom stereocenters. The van der Waals surface area contributed by atoms with Gasteiger partial charge in [0, 0.05) is 37.1 Å². The van der Waals surface area contributed by atoms with Crippen LogP contribution in [0.3, 0.4) is 0 Å². The van der Waals surface area contributed by atoms with Crippen LogP contribution >= 0.6 is 0 Å². The Labute approximate surface area is 187 Å². The van der Waals surface area contributed by atoms with Gasteiger partial charge in [-0.05, 0) is 19.1 Å². The molecule has 33 heavy (non-hydrogen) atoms. The lowest BCUT2D eigenvalue weighted by Gasteiger charge is -2.37. The summed E-state index contributed by atoms with van der Waals surface area (Å²) in [4.78, 5) is 16.2. The van der Waals surface area contributed by atoms with E-state index in [9.17, 15) is 13.2 Å². The Bertz CT molecular complexity index is 1250. The van der Waals surface area contributed by atoms with Gasteiger partial charge in [0.05, 0.1) is 11.6 Å². The topological polar surface area (TPSA) is 71.2 Å². The number of alkyl halides is 3. The SMILES string of the molecule is C[C@@H](c1nc(-c2ccccc2)no1)N1CCN(c2nc(C(F)(F)F)nc3ccccc23)CC1. The summed E-state index contributed by atoms with van der Waals surface area (Å²) in [5, 5.41) is 4.69. The molecule has 0 radical (unpaired) electrons. The highest BCUT2D eigenvalue weighted by Gasteiger charge is 2.36. The second-order valence-electron chi connectivity index (χ2n) is 7.91. The summed E-state index contributed by atoms with van der Waals surface area (Å²) in [6.07, 6.45) is -4.61. The molecule has 2 aromatic carbocycles. The first-order valence-electron chi connectivity index (χ1n) is 10.6. The number of rotatable bonds is 4. The van der Waals surface area contributed by atoms with Crippen LogP contribution in [0.15, 0.2) is 59.1 Å². The summed E-state index contributed by atoms with van der Waals surface area (Å²) >= 11 is 0. The van der Waals surface area contributed by atoms with E-state index in [0.29, 0.717) is 49.1 Å². The normalized spacial score (nSPS) is 16.3. The van der Waals surface area contributed by atoms with Gasteiger partial charge in [-0.1, -0.05) is 47.6 Å². The number of para-hydroxylation sites is 1. The van der Waals surface area contributed by atoms with E-state index in [0.717, 1.165) is 5.56 Å². The third kappa shape index (κ3) is 4.25. The second-order valence-corrected chi connectivity index (χ2v) is 7.91. The molecule has 5 rings (SSSR count). The molecule has 0 N–H and O–H groups in total. The summed E-state index contributed by atoms with van der Waals surface area (Å²) in [5.74, 6) is 0.230. The highest BCUT2D eigenvalue weighted by atomic mass is 19.4. The molecule has 7 nitrogen and oxygen atoms in total. The molecule has 3 heterocycles. The maximum absolute atomic E-state index is 13.4. The monoisotopic (exact) mass is 454 g/mol. The van der Waals surface area contributed by atoms with Gasteiger partial charge in [0.15, 0.2) is 0 Å². The van der Waals surface area contributed by atoms with Crippen molar-refractivity contribution in [3.63, 3.8) is 0 Å². The van der Waals surface area contributed by atoms with Crippen molar-refractivity contribution in [1.29, 1.82) is 0 Å². The van der Waals surface area contributed by atoms with Gasteiger partial charge in [0.1, 0.15) is 5.82 Å². The first kappa shape index (κ1) is 21.3.